The molecule has 4 nitrogen and oxygen atoms in total. The molecular weight excluding hydrogens is 188 g/mol. The molecule has 0 atom stereocenters. The van der Waals surface area contributed by atoms with Gasteiger partial charge in [-0.05, 0) is 13.0 Å². The fourth-order valence-corrected chi connectivity index (χ4v) is 1.36. The zero-order valence-corrected chi connectivity index (χ0v) is 8.57. The molecule has 0 aliphatic heterocycles. The van der Waals surface area contributed by atoms with E-state index < -0.39 is 0 Å². The number of nitrogens with one attached hydrogen (secondary N) is 1. The Kier molecular flexibility index (Phi) is 2.84. The smallest absolute Gasteiger partial charge is 0.152 e. The molecule has 0 saturated carbocycles. The Balaban J connectivity index is 2.12. The fourth-order valence-electron chi connectivity index (χ4n) is 1.36. The summed E-state index contributed by atoms with van der Waals surface area (Å²) in [5.41, 5.74) is 0.988. The molecule has 0 unspecified atom stereocenters. The Bertz CT molecular complexity index is 504. The van der Waals surface area contributed by atoms with E-state index >= 15 is 0 Å². The molecule has 0 fully saturated rings. The van der Waals surface area contributed by atoms with Gasteiger partial charge in [0.15, 0.2) is 5.82 Å². The zero-order chi connectivity index (χ0) is 10.5. The van der Waals surface area contributed by atoms with Crippen molar-refractivity contribution in [3.05, 3.63) is 24.7 Å². The number of anilines is 1. The van der Waals surface area contributed by atoms with Crippen LogP contribution in [0.5, 0.6) is 0 Å². The Morgan fingerprint density at radius 3 is 3.27 bits per heavy atom. The number of fused-ring (bicyclic) bond motifs is 1. The zero-order valence-electron chi connectivity index (χ0n) is 8.57. The van der Waals surface area contributed by atoms with Crippen LogP contribution in [0.3, 0.4) is 0 Å². The van der Waals surface area contributed by atoms with Crippen LogP contribution in [0, 0.1) is 11.8 Å². The van der Waals surface area contributed by atoms with E-state index in [1.165, 1.54) is 0 Å². The summed E-state index contributed by atoms with van der Waals surface area (Å²) in [5, 5.41) is 7.37. The summed E-state index contributed by atoms with van der Waals surface area (Å²) < 4.78 is 1.79. The SMILES string of the molecule is CC#CCCNc1nccn2nccc12. The third-order valence-corrected chi connectivity index (χ3v) is 2.04. The number of nitrogens with zero attached hydrogens (tertiary/aromatic N) is 3. The summed E-state index contributed by atoms with van der Waals surface area (Å²) in [6.07, 6.45) is 6.14. The third-order valence-electron chi connectivity index (χ3n) is 2.04. The summed E-state index contributed by atoms with van der Waals surface area (Å²) in [4.78, 5) is 4.26. The van der Waals surface area contributed by atoms with Gasteiger partial charge in [-0.15, -0.1) is 11.8 Å². The summed E-state index contributed by atoms with van der Waals surface area (Å²) in [7, 11) is 0. The van der Waals surface area contributed by atoms with E-state index in [-0.39, 0.29) is 0 Å². The van der Waals surface area contributed by atoms with Gasteiger partial charge in [0.05, 0.1) is 6.20 Å². The highest BCUT2D eigenvalue weighted by molar-refractivity contribution is 5.66. The minimum absolute atomic E-state index is 0.804. The molecule has 2 aromatic heterocycles. The molecule has 76 valence electrons. The van der Waals surface area contributed by atoms with Crippen molar-refractivity contribution in [1.82, 2.24) is 14.6 Å². The van der Waals surface area contributed by atoms with Crippen LogP contribution in [0.1, 0.15) is 13.3 Å². The molecule has 0 aromatic carbocycles. The second-order valence-corrected chi connectivity index (χ2v) is 3.04. The highest BCUT2D eigenvalue weighted by atomic mass is 15.2. The van der Waals surface area contributed by atoms with E-state index in [4.69, 9.17) is 0 Å². The molecule has 0 amide bonds. The van der Waals surface area contributed by atoms with Gasteiger partial charge >= 0.3 is 0 Å². The molecule has 0 saturated heterocycles. The van der Waals surface area contributed by atoms with Gasteiger partial charge in [-0.1, -0.05) is 0 Å². The lowest BCUT2D eigenvalue weighted by Crippen LogP contribution is -2.04. The Morgan fingerprint density at radius 2 is 2.40 bits per heavy atom. The van der Waals surface area contributed by atoms with Crippen molar-refractivity contribution >= 4 is 11.3 Å². The van der Waals surface area contributed by atoms with Crippen LogP contribution in [0.25, 0.3) is 5.52 Å². The lowest BCUT2D eigenvalue weighted by atomic mass is 10.4. The number of aromatic nitrogens is 3. The second kappa shape index (κ2) is 4.47. The van der Waals surface area contributed by atoms with Gasteiger partial charge in [0.2, 0.25) is 0 Å². The largest absolute Gasteiger partial charge is 0.367 e. The normalized spacial score (nSPS) is 9.67. The molecule has 2 rings (SSSR count). The molecule has 0 spiro atoms. The van der Waals surface area contributed by atoms with E-state index in [2.05, 4.69) is 27.2 Å². The van der Waals surface area contributed by atoms with Crippen molar-refractivity contribution in [3.8, 4) is 11.8 Å². The fraction of sp³-hybridized carbons (Fsp3) is 0.273. The van der Waals surface area contributed by atoms with E-state index in [1.54, 1.807) is 16.9 Å². The lowest BCUT2D eigenvalue weighted by Gasteiger charge is -2.04. The average Bonchev–Trinajstić information content (AvgIpc) is 2.73. The van der Waals surface area contributed by atoms with Crippen molar-refractivity contribution in [3.63, 3.8) is 0 Å². The monoisotopic (exact) mass is 200 g/mol. The lowest BCUT2D eigenvalue weighted by molar-refractivity contribution is 0.941. The summed E-state index contributed by atoms with van der Waals surface area (Å²) in [6.45, 7) is 2.65. The van der Waals surface area contributed by atoms with Crippen LogP contribution < -0.4 is 5.32 Å². The van der Waals surface area contributed by atoms with Crippen LogP contribution in [0.4, 0.5) is 5.82 Å². The Labute approximate surface area is 88.3 Å². The predicted molar refractivity (Wildman–Crippen MR) is 59.5 cm³/mol. The first-order chi connectivity index (χ1) is 7.42. The highest BCUT2D eigenvalue weighted by Gasteiger charge is 2.00. The molecule has 1 N–H and O–H groups in total. The molecule has 0 radical (unpaired) electrons. The quantitative estimate of drug-likeness (QED) is 0.604. The first-order valence-electron chi connectivity index (χ1n) is 4.83. The minimum Gasteiger partial charge on any atom is -0.367 e. The first kappa shape index (κ1) is 9.53. The van der Waals surface area contributed by atoms with Crippen molar-refractivity contribution < 1.29 is 0 Å². The van der Waals surface area contributed by atoms with Crippen LogP contribution in [-0.4, -0.2) is 21.1 Å². The van der Waals surface area contributed by atoms with Gasteiger partial charge in [-0.3, -0.25) is 0 Å². The van der Waals surface area contributed by atoms with Crippen LogP contribution >= 0.6 is 0 Å². The number of rotatable bonds is 3. The van der Waals surface area contributed by atoms with Gasteiger partial charge in [0.1, 0.15) is 5.52 Å². The second-order valence-electron chi connectivity index (χ2n) is 3.04. The standard InChI is InChI=1S/C11H12N4/c1-2-3-4-6-12-11-10-5-7-14-15(10)9-8-13-11/h5,7-9H,4,6H2,1H3,(H,12,13). The maximum absolute atomic E-state index is 4.26. The molecule has 0 aliphatic carbocycles. The highest BCUT2D eigenvalue weighted by Crippen LogP contribution is 2.11. The van der Waals surface area contributed by atoms with Gasteiger partial charge in [-0.25, -0.2) is 9.50 Å². The average molecular weight is 200 g/mol. The Hall–Kier alpha value is -2.02. The van der Waals surface area contributed by atoms with Crippen molar-refractivity contribution in [2.45, 2.75) is 13.3 Å². The van der Waals surface area contributed by atoms with E-state index in [1.807, 2.05) is 19.2 Å². The van der Waals surface area contributed by atoms with Crippen LogP contribution in [-0.2, 0) is 0 Å². The maximum Gasteiger partial charge on any atom is 0.152 e. The molecule has 2 aromatic rings. The van der Waals surface area contributed by atoms with E-state index in [0.717, 1.165) is 24.3 Å². The van der Waals surface area contributed by atoms with Crippen LogP contribution in [0.15, 0.2) is 24.7 Å². The molecule has 15 heavy (non-hydrogen) atoms. The summed E-state index contributed by atoms with van der Waals surface area (Å²) in [5.74, 6) is 6.71. The van der Waals surface area contributed by atoms with Gasteiger partial charge in [0.25, 0.3) is 0 Å². The number of hydrogen-bond acceptors (Lipinski definition) is 3. The molecule has 4 heteroatoms. The molecule has 0 bridgehead atoms. The maximum atomic E-state index is 4.26. The minimum atomic E-state index is 0.804. The van der Waals surface area contributed by atoms with Crippen molar-refractivity contribution in [1.29, 1.82) is 0 Å². The predicted octanol–water partition coefficient (Wildman–Crippen LogP) is 1.55. The van der Waals surface area contributed by atoms with Crippen LogP contribution in [0.2, 0.25) is 0 Å². The van der Waals surface area contributed by atoms with Crippen molar-refractivity contribution in [2.24, 2.45) is 0 Å². The first-order valence-corrected chi connectivity index (χ1v) is 4.83. The van der Waals surface area contributed by atoms with E-state index in [0.29, 0.717) is 0 Å². The summed E-state index contributed by atoms with van der Waals surface area (Å²) >= 11 is 0. The van der Waals surface area contributed by atoms with Gasteiger partial charge in [0, 0.05) is 25.4 Å². The van der Waals surface area contributed by atoms with Gasteiger partial charge in [-0.2, -0.15) is 5.10 Å². The van der Waals surface area contributed by atoms with Gasteiger partial charge < -0.3 is 5.32 Å². The summed E-state index contributed by atoms with van der Waals surface area (Å²) in [6, 6.07) is 1.93. The third kappa shape index (κ3) is 2.08. The molecule has 0 aliphatic rings. The number of hydrogen-bond donors (Lipinski definition) is 1. The van der Waals surface area contributed by atoms with Crippen molar-refractivity contribution in [2.75, 3.05) is 11.9 Å². The Morgan fingerprint density at radius 1 is 1.47 bits per heavy atom. The topological polar surface area (TPSA) is 42.2 Å². The van der Waals surface area contributed by atoms with E-state index in [9.17, 15) is 0 Å². The molecular formula is C11H12N4. The molecule has 2 heterocycles.